The molecule has 2 heterocycles. The highest BCUT2D eigenvalue weighted by Gasteiger charge is 2.08. The third-order valence-corrected chi connectivity index (χ3v) is 3.70. The number of ether oxygens (including phenoxy) is 1. The van der Waals surface area contributed by atoms with Gasteiger partial charge in [-0.1, -0.05) is 24.3 Å². The minimum absolute atomic E-state index is 0.719. The molecule has 1 N–H and O–H groups in total. The van der Waals surface area contributed by atoms with Crippen LogP contribution in [-0.4, -0.2) is 53.5 Å². The summed E-state index contributed by atoms with van der Waals surface area (Å²) < 4.78 is 6.56. The Labute approximate surface area is 123 Å². The predicted molar refractivity (Wildman–Crippen MR) is 81.7 cm³/mol. The summed E-state index contributed by atoms with van der Waals surface area (Å²) in [6, 6.07) is 7.66. The Balaban J connectivity index is 1.74. The van der Waals surface area contributed by atoms with E-state index in [4.69, 9.17) is 9.84 Å². The topological polar surface area (TPSA) is 54.7 Å². The maximum Gasteiger partial charge on any atom is 0.415 e. The van der Waals surface area contributed by atoms with Gasteiger partial charge in [0.05, 0.1) is 18.7 Å². The van der Waals surface area contributed by atoms with Crippen molar-refractivity contribution in [1.82, 2.24) is 9.47 Å². The Morgan fingerprint density at radius 2 is 2.10 bits per heavy atom. The molecule has 0 bridgehead atoms. The maximum absolute atomic E-state index is 11.1. The zero-order chi connectivity index (χ0) is 14.7. The van der Waals surface area contributed by atoms with Crippen LogP contribution in [0.25, 0.3) is 17.0 Å². The summed E-state index contributed by atoms with van der Waals surface area (Å²) >= 11 is 0. The molecule has 0 amide bonds. The highest BCUT2D eigenvalue weighted by Crippen LogP contribution is 2.18. The second kappa shape index (κ2) is 6.11. The van der Waals surface area contributed by atoms with Crippen molar-refractivity contribution in [3.05, 3.63) is 42.1 Å². The van der Waals surface area contributed by atoms with Gasteiger partial charge in [-0.25, -0.2) is 4.79 Å². The first-order valence-corrected chi connectivity index (χ1v) is 7.05. The van der Waals surface area contributed by atoms with Gasteiger partial charge in [-0.05, 0) is 17.7 Å². The molecule has 1 aromatic heterocycles. The average molecular weight is 286 g/mol. The number of morpholine rings is 1. The highest BCUT2D eigenvalue weighted by molar-refractivity contribution is 5.90. The summed E-state index contributed by atoms with van der Waals surface area (Å²) in [6.07, 6.45) is 4.77. The summed E-state index contributed by atoms with van der Waals surface area (Å²) in [6.45, 7) is 4.41. The molecule has 110 valence electrons. The van der Waals surface area contributed by atoms with E-state index in [1.807, 2.05) is 30.3 Å². The van der Waals surface area contributed by atoms with E-state index in [0.29, 0.717) is 0 Å². The third kappa shape index (κ3) is 3.15. The van der Waals surface area contributed by atoms with E-state index in [1.165, 1.54) is 4.57 Å². The van der Waals surface area contributed by atoms with E-state index in [-0.39, 0.29) is 0 Å². The van der Waals surface area contributed by atoms with Crippen LogP contribution < -0.4 is 0 Å². The molecule has 1 saturated heterocycles. The Bertz CT molecular complexity index is 669. The molecule has 21 heavy (non-hydrogen) atoms. The number of aromatic nitrogens is 1. The van der Waals surface area contributed by atoms with Gasteiger partial charge in [-0.15, -0.1) is 0 Å². The van der Waals surface area contributed by atoms with Crippen LogP contribution in [0.4, 0.5) is 4.79 Å². The summed E-state index contributed by atoms with van der Waals surface area (Å²) in [5.41, 5.74) is 1.73. The SMILES string of the molecule is O=C(O)n1ccc2ccc(C=CCN3CCOCC3)cc21. The van der Waals surface area contributed by atoms with Gasteiger partial charge in [0.25, 0.3) is 0 Å². The summed E-state index contributed by atoms with van der Waals surface area (Å²) in [7, 11) is 0. The van der Waals surface area contributed by atoms with Crippen LogP contribution >= 0.6 is 0 Å². The van der Waals surface area contributed by atoms with Gasteiger partial charge in [0.2, 0.25) is 0 Å². The van der Waals surface area contributed by atoms with Crippen molar-refractivity contribution in [2.24, 2.45) is 0 Å². The van der Waals surface area contributed by atoms with Crippen LogP contribution in [0.1, 0.15) is 5.56 Å². The number of rotatable bonds is 3. The first kappa shape index (κ1) is 13.9. The second-order valence-corrected chi connectivity index (χ2v) is 5.10. The molecule has 1 fully saturated rings. The van der Waals surface area contributed by atoms with Crippen molar-refractivity contribution in [3.8, 4) is 0 Å². The zero-order valence-electron chi connectivity index (χ0n) is 11.7. The number of benzene rings is 1. The molecule has 0 radical (unpaired) electrons. The normalized spacial score (nSPS) is 16.8. The molecule has 5 nitrogen and oxygen atoms in total. The van der Waals surface area contributed by atoms with Gasteiger partial charge in [-0.3, -0.25) is 9.47 Å². The van der Waals surface area contributed by atoms with E-state index in [2.05, 4.69) is 11.0 Å². The van der Waals surface area contributed by atoms with Gasteiger partial charge in [0.15, 0.2) is 0 Å². The summed E-state index contributed by atoms with van der Waals surface area (Å²) in [4.78, 5) is 13.5. The van der Waals surface area contributed by atoms with Crippen LogP contribution in [0.5, 0.6) is 0 Å². The lowest BCUT2D eigenvalue weighted by Gasteiger charge is -2.25. The Morgan fingerprint density at radius 1 is 1.29 bits per heavy atom. The zero-order valence-corrected chi connectivity index (χ0v) is 11.7. The number of hydrogen-bond acceptors (Lipinski definition) is 3. The molecule has 0 unspecified atom stereocenters. The number of nitrogens with zero attached hydrogens (tertiary/aromatic N) is 2. The van der Waals surface area contributed by atoms with Crippen LogP contribution in [0.3, 0.4) is 0 Å². The van der Waals surface area contributed by atoms with Crippen LogP contribution in [-0.2, 0) is 4.74 Å². The van der Waals surface area contributed by atoms with Crippen LogP contribution in [0.15, 0.2) is 36.5 Å². The van der Waals surface area contributed by atoms with Crippen molar-refractivity contribution in [3.63, 3.8) is 0 Å². The quantitative estimate of drug-likeness (QED) is 0.942. The number of carboxylic acid groups (broad SMARTS) is 1. The standard InChI is InChI=1S/C16H18N2O3/c19-16(20)18-7-5-14-4-3-13(12-15(14)18)2-1-6-17-8-10-21-11-9-17/h1-5,7,12H,6,8-11H2,(H,19,20). The van der Waals surface area contributed by atoms with E-state index in [9.17, 15) is 4.79 Å². The minimum atomic E-state index is -0.959. The van der Waals surface area contributed by atoms with Gasteiger partial charge >= 0.3 is 6.09 Å². The fourth-order valence-electron chi connectivity index (χ4n) is 2.54. The molecule has 3 rings (SSSR count). The summed E-state index contributed by atoms with van der Waals surface area (Å²) in [5, 5.41) is 10.1. The third-order valence-electron chi connectivity index (χ3n) is 3.70. The largest absolute Gasteiger partial charge is 0.464 e. The Morgan fingerprint density at radius 3 is 2.86 bits per heavy atom. The van der Waals surface area contributed by atoms with Gasteiger partial charge < -0.3 is 9.84 Å². The fourth-order valence-corrected chi connectivity index (χ4v) is 2.54. The molecule has 5 heteroatoms. The predicted octanol–water partition coefficient (Wildman–Crippen LogP) is 2.51. The van der Waals surface area contributed by atoms with Crippen molar-refractivity contribution < 1.29 is 14.6 Å². The molecule has 1 aromatic carbocycles. The number of carbonyl (C=O) groups is 1. The van der Waals surface area contributed by atoms with E-state index in [0.717, 1.165) is 49.3 Å². The van der Waals surface area contributed by atoms with Gasteiger partial charge in [0.1, 0.15) is 0 Å². The van der Waals surface area contributed by atoms with Crippen LogP contribution in [0.2, 0.25) is 0 Å². The van der Waals surface area contributed by atoms with Crippen LogP contribution in [0, 0.1) is 0 Å². The summed E-state index contributed by atoms with van der Waals surface area (Å²) in [5.74, 6) is 0. The first-order chi connectivity index (χ1) is 10.2. The molecule has 0 saturated carbocycles. The monoisotopic (exact) mass is 286 g/mol. The van der Waals surface area contributed by atoms with Crippen molar-refractivity contribution in [1.29, 1.82) is 0 Å². The Hall–Kier alpha value is -2.11. The van der Waals surface area contributed by atoms with Crippen molar-refractivity contribution >= 4 is 23.1 Å². The molecule has 0 atom stereocenters. The lowest BCUT2D eigenvalue weighted by atomic mass is 10.1. The Kier molecular flexibility index (Phi) is 4.03. The highest BCUT2D eigenvalue weighted by atomic mass is 16.5. The van der Waals surface area contributed by atoms with Crippen molar-refractivity contribution in [2.75, 3.05) is 32.8 Å². The minimum Gasteiger partial charge on any atom is -0.464 e. The molecular weight excluding hydrogens is 268 g/mol. The maximum atomic E-state index is 11.1. The van der Waals surface area contributed by atoms with E-state index >= 15 is 0 Å². The molecule has 0 aliphatic carbocycles. The van der Waals surface area contributed by atoms with Crippen molar-refractivity contribution in [2.45, 2.75) is 0 Å². The molecule has 1 aliphatic heterocycles. The number of hydrogen-bond donors (Lipinski definition) is 1. The lowest BCUT2D eigenvalue weighted by molar-refractivity contribution is 0.0435. The smallest absolute Gasteiger partial charge is 0.415 e. The lowest BCUT2D eigenvalue weighted by Crippen LogP contribution is -2.36. The number of fused-ring (bicyclic) bond motifs is 1. The molecule has 2 aromatic rings. The molecule has 0 spiro atoms. The fraction of sp³-hybridized carbons (Fsp3) is 0.312. The first-order valence-electron chi connectivity index (χ1n) is 7.05. The van der Waals surface area contributed by atoms with E-state index < -0.39 is 6.09 Å². The molecular formula is C16H18N2O3. The second-order valence-electron chi connectivity index (χ2n) is 5.10. The van der Waals surface area contributed by atoms with Gasteiger partial charge in [-0.2, -0.15) is 0 Å². The van der Waals surface area contributed by atoms with E-state index in [1.54, 1.807) is 6.20 Å². The average Bonchev–Trinajstić information content (AvgIpc) is 2.92. The van der Waals surface area contributed by atoms with Gasteiger partial charge in [0, 0.05) is 31.2 Å². The molecule has 1 aliphatic rings.